The average Bonchev–Trinajstić information content (AvgIpc) is 3.12. The molecule has 1 amide bonds. The molecular formula is C21H22ClN3O2S. The summed E-state index contributed by atoms with van der Waals surface area (Å²) in [6.45, 7) is 7.18. The zero-order chi connectivity index (χ0) is 19.7. The van der Waals surface area contributed by atoms with Crippen LogP contribution in [0.2, 0.25) is 5.02 Å². The maximum Gasteiger partial charge on any atom is 0.260 e. The number of thiazole rings is 1. The maximum absolute atomic E-state index is 12.4. The number of anilines is 1. The summed E-state index contributed by atoms with van der Waals surface area (Å²) in [5, 5.41) is 1.68. The molecule has 7 heteroatoms. The molecule has 1 aliphatic rings. The molecule has 0 aliphatic carbocycles. The van der Waals surface area contributed by atoms with Gasteiger partial charge in [0, 0.05) is 31.2 Å². The Kier molecular flexibility index (Phi) is 5.42. The summed E-state index contributed by atoms with van der Waals surface area (Å²) in [5.74, 6) is 0.655. The molecule has 0 saturated carbocycles. The first-order valence-electron chi connectivity index (χ1n) is 9.28. The number of piperazine rings is 1. The van der Waals surface area contributed by atoms with Crippen molar-refractivity contribution in [2.24, 2.45) is 0 Å². The van der Waals surface area contributed by atoms with Crippen molar-refractivity contribution in [2.45, 2.75) is 13.8 Å². The van der Waals surface area contributed by atoms with Gasteiger partial charge in [-0.3, -0.25) is 4.79 Å². The number of hydrogen-bond donors (Lipinski definition) is 0. The highest BCUT2D eigenvalue weighted by atomic mass is 35.5. The molecule has 0 atom stereocenters. The molecular weight excluding hydrogens is 394 g/mol. The van der Waals surface area contributed by atoms with Crippen LogP contribution in [0.5, 0.6) is 5.75 Å². The van der Waals surface area contributed by atoms with E-state index in [2.05, 4.69) is 30.9 Å². The second kappa shape index (κ2) is 7.97. The first-order valence-corrected chi connectivity index (χ1v) is 10.5. The molecule has 1 fully saturated rings. The van der Waals surface area contributed by atoms with Crippen molar-refractivity contribution in [3.8, 4) is 5.75 Å². The lowest BCUT2D eigenvalue weighted by Crippen LogP contribution is -2.50. The highest BCUT2D eigenvalue weighted by Gasteiger charge is 2.23. The largest absolute Gasteiger partial charge is 0.484 e. The Morgan fingerprint density at radius 1 is 1.14 bits per heavy atom. The molecule has 0 unspecified atom stereocenters. The standard InChI is InChI=1S/C21H22ClN3O2S/c1-14-11-15(2)20-18(12-14)28-21(23-20)25-9-7-24(8-10-25)19(26)13-27-17-5-3-16(22)4-6-17/h3-6,11-12H,7-10,13H2,1-2H3. The van der Waals surface area contributed by atoms with Gasteiger partial charge in [0.2, 0.25) is 0 Å². The van der Waals surface area contributed by atoms with Gasteiger partial charge in [-0.1, -0.05) is 29.0 Å². The molecule has 0 radical (unpaired) electrons. The first-order chi connectivity index (χ1) is 13.5. The number of fused-ring (bicyclic) bond motifs is 1. The SMILES string of the molecule is Cc1cc(C)c2nc(N3CCN(C(=O)COc4ccc(Cl)cc4)CC3)sc2c1. The summed E-state index contributed by atoms with van der Waals surface area (Å²) in [5.41, 5.74) is 3.56. The van der Waals surface area contributed by atoms with E-state index in [1.807, 2.05) is 4.90 Å². The van der Waals surface area contributed by atoms with Crippen LogP contribution in [0.3, 0.4) is 0 Å². The highest BCUT2D eigenvalue weighted by Crippen LogP contribution is 2.32. The van der Waals surface area contributed by atoms with Crippen LogP contribution in [0, 0.1) is 13.8 Å². The second-order valence-corrected chi connectivity index (χ2v) is 8.48. The van der Waals surface area contributed by atoms with Gasteiger partial charge in [0.15, 0.2) is 11.7 Å². The lowest BCUT2D eigenvalue weighted by Gasteiger charge is -2.34. The van der Waals surface area contributed by atoms with Gasteiger partial charge in [-0.25, -0.2) is 4.98 Å². The number of carbonyl (C=O) groups is 1. The van der Waals surface area contributed by atoms with E-state index in [-0.39, 0.29) is 12.5 Å². The molecule has 1 aromatic heterocycles. The Balaban J connectivity index is 1.34. The Bertz CT molecular complexity index is 995. The van der Waals surface area contributed by atoms with Gasteiger partial charge in [0.25, 0.3) is 5.91 Å². The van der Waals surface area contributed by atoms with E-state index in [1.165, 1.54) is 15.8 Å². The highest BCUT2D eigenvalue weighted by molar-refractivity contribution is 7.22. The summed E-state index contributed by atoms with van der Waals surface area (Å²) in [6.07, 6.45) is 0. The molecule has 0 N–H and O–H groups in total. The maximum atomic E-state index is 12.4. The molecule has 1 saturated heterocycles. The molecule has 0 spiro atoms. The number of aryl methyl sites for hydroxylation is 2. The number of carbonyl (C=O) groups excluding carboxylic acids is 1. The van der Waals surface area contributed by atoms with Crippen LogP contribution in [0.1, 0.15) is 11.1 Å². The van der Waals surface area contributed by atoms with Crippen LogP contribution < -0.4 is 9.64 Å². The van der Waals surface area contributed by atoms with Gasteiger partial charge in [0.05, 0.1) is 10.2 Å². The second-order valence-electron chi connectivity index (χ2n) is 7.04. The molecule has 3 aromatic rings. The fraction of sp³-hybridized carbons (Fsp3) is 0.333. The van der Waals surface area contributed by atoms with Crippen LogP contribution >= 0.6 is 22.9 Å². The number of amides is 1. The van der Waals surface area contributed by atoms with Crippen LogP contribution in [0.4, 0.5) is 5.13 Å². The van der Waals surface area contributed by atoms with Crippen molar-refractivity contribution in [3.63, 3.8) is 0 Å². The molecule has 1 aliphatic heterocycles. The summed E-state index contributed by atoms with van der Waals surface area (Å²) in [6, 6.07) is 11.4. The Morgan fingerprint density at radius 2 is 1.86 bits per heavy atom. The summed E-state index contributed by atoms with van der Waals surface area (Å²) >= 11 is 7.59. The van der Waals surface area contributed by atoms with E-state index in [0.29, 0.717) is 23.9 Å². The average molecular weight is 416 g/mol. The molecule has 0 bridgehead atoms. The fourth-order valence-electron chi connectivity index (χ4n) is 3.41. The predicted octanol–water partition coefficient (Wildman–Crippen LogP) is 4.29. The third-order valence-electron chi connectivity index (χ3n) is 4.90. The van der Waals surface area contributed by atoms with Crippen LogP contribution in [0.25, 0.3) is 10.2 Å². The van der Waals surface area contributed by atoms with Crippen LogP contribution in [-0.4, -0.2) is 48.6 Å². The minimum atomic E-state index is 0.00497. The normalized spacial score (nSPS) is 14.5. The van der Waals surface area contributed by atoms with E-state index in [1.54, 1.807) is 35.6 Å². The van der Waals surface area contributed by atoms with Crippen molar-refractivity contribution >= 4 is 44.2 Å². The molecule has 28 heavy (non-hydrogen) atoms. The summed E-state index contributed by atoms with van der Waals surface area (Å²) in [7, 11) is 0. The topological polar surface area (TPSA) is 45.7 Å². The Hall–Kier alpha value is -2.31. The van der Waals surface area contributed by atoms with E-state index >= 15 is 0 Å². The van der Waals surface area contributed by atoms with Crippen molar-refractivity contribution in [1.82, 2.24) is 9.88 Å². The van der Waals surface area contributed by atoms with Crippen LogP contribution in [0.15, 0.2) is 36.4 Å². The van der Waals surface area contributed by atoms with Crippen molar-refractivity contribution < 1.29 is 9.53 Å². The predicted molar refractivity (Wildman–Crippen MR) is 115 cm³/mol. The third-order valence-corrected chi connectivity index (χ3v) is 6.21. The minimum Gasteiger partial charge on any atom is -0.484 e. The smallest absolute Gasteiger partial charge is 0.260 e. The zero-order valence-electron chi connectivity index (χ0n) is 15.9. The summed E-state index contributed by atoms with van der Waals surface area (Å²) in [4.78, 5) is 21.4. The van der Waals surface area contributed by atoms with E-state index in [4.69, 9.17) is 21.3 Å². The molecule has 4 rings (SSSR count). The lowest BCUT2D eigenvalue weighted by atomic mass is 10.1. The Labute approximate surface area is 173 Å². The minimum absolute atomic E-state index is 0.00497. The molecule has 5 nitrogen and oxygen atoms in total. The Morgan fingerprint density at radius 3 is 2.57 bits per heavy atom. The monoisotopic (exact) mass is 415 g/mol. The van der Waals surface area contributed by atoms with Crippen molar-refractivity contribution in [3.05, 3.63) is 52.5 Å². The number of hydrogen-bond acceptors (Lipinski definition) is 5. The van der Waals surface area contributed by atoms with Crippen molar-refractivity contribution in [1.29, 1.82) is 0 Å². The van der Waals surface area contributed by atoms with E-state index in [0.717, 1.165) is 23.7 Å². The fourth-order valence-corrected chi connectivity index (χ4v) is 4.73. The van der Waals surface area contributed by atoms with Gasteiger partial charge in [-0.2, -0.15) is 0 Å². The van der Waals surface area contributed by atoms with Gasteiger partial charge in [-0.05, 0) is 55.3 Å². The quantitative estimate of drug-likeness (QED) is 0.637. The van der Waals surface area contributed by atoms with Crippen molar-refractivity contribution in [2.75, 3.05) is 37.7 Å². The number of aromatic nitrogens is 1. The number of nitrogens with zero attached hydrogens (tertiary/aromatic N) is 3. The third kappa shape index (κ3) is 4.08. The molecule has 2 heterocycles. The number of halogens is 1. The van der Waals surface area contributed by atoms with E-state index in [9.17, 15) is 4.79 Å². The van der Waals surface area contributed by atoms with Gasteiger partial charge < -0.3 is 14.5 Å². The number of rotatable bonds is 4. The van der Waals surface area contributed by atoms with Gasteiger partial charge in [0.1, 0.15) is 5.75 Å². The number of ether oxygens (including phenoxy) is 1. The first kappa shape index (κ1) is 19.0. The van der Waals surface area contributed by atoms with Gasteiger partial charge >= 0.3 is 0 Å². The van der Waals surface area contributed by atoms with Gasteiger partial charge in [-0.15, -0.1) is 0 Å². The number of benzene rings is 2. The summed E-state index contributed by atoms with van der Waals surface area (Å²) < 4.78 is 6.80. The zero-order valence-corrected chi connectivity index (χ0v) is 17.5. The lowest BCUT2D eigenvalue weighted by molar-refractivity contribution is -0.133. The molecule has 146 valence electrons. The molecule has 2 aromatic carbocycles. The van der Waals surface area contributed by atoms with E-state index < -0.39 is 0 Å². The van der Waals surface area contributed by atoms with Crippen LogP contribution in [-0.2, 0) is 4.79 Å².